The zero-order chi connectivity index (χ0) is 23.8. The first-order chi connectivity index (χ1) is 16.4. The second-order valence-electron chi connectivity index (χ2n) is 8.31. The Labute approximate surface area is 199 Å². The Balaban J connectivity index is 1.18. The van der Waals surface area contributed by atoms with Gasteiger partial charge in [-0.25, -0.2) is 9.55 Å². The van der Waals surface area contributed by atoms with Gasteiger partial charge in [-0.3, -0.25) is 19.7 Å². The summed E-state index contributed by atoms with van der Waals surface area (Å²) in [6, 6.07) is 13.4. The molecule has 0 radical (unpaired) electrons. The smallest absolute Gasteiger partial charge is 0.269 e. The number of hydrogen-bond acceptors (Lipinski definition) is 8. The maximum atomic E-state index is 12.9. The summed E-state index contributed by atoms with van der Waals surface area (Å²) in [4.78, 5) is 44.4. The number of carbonyl (C=O) groups excluding carboxylic acids is 2. The molecule has 3 aromatic rings. The first kappa shape index (κ1) is 22.0. The van der Waals surface area contributed by atoms with Crippen molar-refractivity contribution < 1.29 is 14.5 Å². The van der Waals surface area contributed by atoms with Crippen LogP contribution in [0, 0.1) is 14.9 Å². The van der Waals surface area contributed by atoms with E-state index in [1.807, 2.05) is 24.3 Å². The standard InChI is InChI=1S/C23H22N6O4S/c30-20(27-13-11-26(12-14-27)15-5-7-16(8-6-15)29(32)33)10-9-19-22(31)28-21(24-19)17-3-1-2-4-18(17)25-23(28)34/h1-8,19,24H,9-14H2/t19-/m0/s1. The van der Waals surface area contributed by atoms with Gasteiger partial charge in [-0.15, -0.1) is 0 Å². The fraction of sp³-hybridized carbons (Fsp3) is 0.304. The first-order valence-corrected chi connectivity index (χ1v) is 11.4. The molecule has 0 aliphatic carbocycles. The summed E-state index contributed by atoms with van der Waals surface area (Å²) in [7, 11) is 0. The summed E-state index contributed by atoms with van der Waals surface area (Å²) in [6.45, 7) is 2.40. The Kier molecular flexibility index (Phi) is 5.70. The number of aromatic nitrogens is 2. The van der Waals surface area contributed by atoms with E-state index in [1.165, 1.54) is 16.7 Å². The zero-order valence-corrected chi connectivity index (χ0v) is 19.0. The summed E-state index contributed by atoms with van der Waals surface area (Å²) in [5, 5.41) is 14.9. The predicted molar refractivity (Wildman–Crippen MR) is 130 cm³/mol. The lowest BCUT2D eigenvalue weighted by Gasteiger charge is -2.36. The van der Waals surface area contributed by atoms with Crippen molar-refractivity contribution in [3.63, 3.8) is 0 Å². The highest BCUT2D eigenvalue weighted by atomic mass is 32.1. The zero-order valence-electron chi connectivity index (χ0n) is 18.2. The molecule has 0 unspecified atom stereocenters. The molecule has 1 N–H and O–H groups in total. The Morgan fingerprint density at radius 2 is 1.82 bits per heavy atom. The van der Waals surface area contributed by atoms with Crippen molar-refractivity contribution in [3.05, 3.63) is 63.4 Å². The van der Waals surface area contributed by atoms with Crippen molar-refractivity contribution in [2.75, 3.05) is 36.4 Å². The Morgan fingerprint density at radius 3 is 2.53 bits per heavy atom. The Morgan fingerprint density at radius 1 is 1.12 bits per heavy atom. The number of nitrogens with one attached hydrogen (secondary N) is 1. The third-order valence-corrected chi connectivity index (χ3v) is 6.60. The van der Waals surface area contributed by atoms with E-state index in [0.717, 1.165) is 16.6 Å². The average Bonchev–Trinajstić information content (AvgIpc) is 3.19. The van der Waals surface area contributed by atoms with Crippen LogP contribution in [0.3, 0.4) is 0 Å². The monoisotopic (exact) mass is 478 g/mol. The van der Waals surface area contributed by atoms with Gasteiger partial charge in [0.15, 0.2) is 0 Å². The number of hydrogen-bond donors (Lipinski definition) is 1. The molecule has 1 amide bonds. The quantitative estimate of drug-likeness (QED) is 0.338. The summed E-state index contributed by atoms with van der Waals surface area (Å²) in [5.74, 6) is 0.448. The van der Waals surface area contributed by atoms with Gasteiger partial charge in [0.25, 0.3) is 11.6 Å². The van der Waals surface area contributed by atoms with E-state index >= 15 is 0 Å². The van der Waals surface area contributed by atoms with Gasteiger partial charge in [0.05, 0.1) is 10.4 Å². The van der Waals surface area contributed by atoms with Crippen molar-refractivity contribution >= 4 is 52.1 Å². The van der Waals surface area contributed by atoms with Crippen molar-refractivity contribution in [2.45, 2.75) is 18.9 Å². The molecular formula is C23H22N6O4S. The van der Waals surface area contributed by atoms with Crippen LogP contribution in [0.15, 0.2) is 48.5 Å². The van der Waals surface area contributed by atoms with Crippen molar-refractivity contribution in [2.24, 2.45) is 0 Å². The Hall–Kier alpha value is -3.86. The summed E-state index contributed by atoms with van der Waals surface area (Å²) < 4.78 is 1.64. The number of fused-ring (bicyclic) bond motifs is 3. The molecule has 10 nitrogen and oxygen atoms in total. The first-order valence-electron chi connectivity index (χ1n) is 11.0. The number of amides is 1. The highest BCUT2D eigenvalue weighted by molar-refractivity contribution is 7.71. The predicted octanol–water partition coefficient (Wildman–Crippen LogP) is 3.24. The topological polar surface area (TPSA) is 114 Å². The van der Waals surface area contributed by atoms with Crippen LogP contribution in [0.4, 0.5) is 17.2 Å². The van der Waals surface area contributed by atoms with Crippen LogP contribution >= 0.6 is 12.2 Å². The molecule has 0 spiro atoms. The van der Waals surface area contributed by atoms with E-state index in [9.17, 15) is 19.7 Å². The molecule has 2 aromatic carbocycles. The summed E-state index contributed by atoms with van der Waals surface area (Å²) >= 11 is 5.32. The van der Waals surface area contributed by atoms with Gasteiger partial charge < -0.3 is 15.1 Å². The fourth-order valence-corrected chi connectivity index (χ4v) is 4.77. The maximum absolute atomic E-state index is 12.9. The molecule has 0 bridgehead atoms. The molecular weight excluding hydrogens is 456 g/mol. The molecule has 2 aliphatic rings. The van der Waals surface area contributed by atoms with E-state index in [1.54, 1.807) is 17.0 Å². The van der Waals surface area contributed by atoms with Gasteiger partial charge in [-0.2, -0.15) is 0 Å². The molecule has 5 rings (SSSR count). The third-order valence-electron chi connectivity index (χ3n) is 6.32. The number of non-ortho nitro benzene ring substituents is 1. The number of anilines is 2. The van der Waals surface area contributed by atoms with Crippen LogP contribution in [0.5, 0.6) is 0 Å². The van der Waals surface area contributed by atoms with E-state index in [4.69, 9.17) is 12.2 Å². The van der Waals surface area contributed by atoms with Gasteiger partial charge in [0.2, 0.25) is 10.7 Å². The van der Waals surface area contributed by atoms with Gasteiger partial charge in [-0.05, 0) is 42.9 Å². The molecule has 3 heterocycles. The minimum Gasteiger partial charge on any atom is -0.368 e. The molecule has 1 aromatic heterocycles. The van der Waals surface area contributed by atoms with Crippen LogP contribution < -0.4 is 10.2 Å². The van der Waals surface area contributed by atoms with Crippen molar-refractivity contribution in [1.29, 1.82) is 0 Å². The minimum absolute atomic E-state index is 0.000450. The van der Waals surface area contributed by atoms with Gasteiger partial charge >= 0.3 is 0 Å². The number of carbonyl (C=O) groups is 2. The van der Waals surface area contributed by atoms with Crippen LogP contribution in [-0.4, -0.2) is 63.4 Å². The van der Waals surface area contributed by atoms with Crippen molar-refractivity contribution in [1.82, 2.24) is 14.5 Å². The number of rotatable bonds is 5. The fourth-order valence-electron chi connectivity index (χ4n) is 4.49. The van der Waals surface area contributed by atoms with E-state index < -0.39 is 11.0 Å². The number of nitro benzene ring substituents is 1. The minimum atomic E-state index is -0.528. The molecule has 174 valence electrons. The lowest BCUT2D eigenvalue weighted by molar-refractivity contribution is -0.384. The second kappa shape index (κ2) is 8.82. The van der Waals surface area contributed by atoms with Gasteiger partial charge in [0.1, 0.15) is 11.9 Å². The number of benzene rings is 2. The van der Waals surface area contributed by atoms with Crippen LogP contribution in [0.1, 0.15) is 17.6 Å². The second-order valence-corrected chi connectivity index (χ2v) is 8.68. The lowest BCUT2D eigenvalue weighted by Crippen LogP contribution is -2.49. The Bertz CT molecular complexity index is 1350. The molecule has 1 atom stereocenters. The summed E-state index contributed by atoms with van der Waals surface area (Å²) in [6.07, 6.45) is 0.610. The number of piperazine rings is 1. The van der Waals surface area contributed by atoms with Crippen LogP contribution in [-0.2, 0) is 4.79 Å². The largest absolute Gasteiger partial charge is 0.368 e. The molecule has 1 fully saturated rings. The number of para-hydroxylation sites is 1. The van der Waals surface area contributed by atoms with E-state index in [2.05, 4.69) is 15.2 Å². The summed E-state index contributed by atoms with van der Waals surface area (Å²) in [5.41, 5.74) is 1.68. The SMILES string of the molecule is O=C(CC[C@@H]1Nc2c3ccccc3nc(=S)n2C1=O)N1CCN(c2ccc([N+](=O)[O-])cc2)CC1. The molecule has 34 heavy (non-hydrogen) atoms. The van der Waals surface area contributed by atoms with Gasteiger partial charge in [-0.1, -0.05) is 12.1 Å². The highest BCUT2D eigenvalue weighted by Crippen LogP contribution is 2.29. The molecule has 2 aliphatic heterocycles. The van der Waals surface area contributed by atoms with Gasteiger partial charge in [0, 0.05) is 55.8 Å². The van der Waals surface area contributed by atoms with E-state index in [0.29, 0.717) is 38.4 Å². The normalized spacial score (nSPS) is 17.5. The number of nitrogens with zero attached hydrogens (tertiary/aromatic N) is 5. The highest BCUT2D eigenvalue weighted by Gasteiger charge is 2.32. The lowest BCUT2D eigenvalue weighted by atomic mass is 10.1. The average molecular weight is 479 g/mol. The molecule has 1 saturated heterocycles. The third kappa shape index (κ3) is 3.98. The number of nitro groups is 1. The molecule has 0 saturated carbocycles. The van der Waals surface area contributed by atoms with Crippen molar-refractivity contribution in [3.8, 4) is 0 Å². The van der Waals surface area contributed by atoms with Crippen LogP contribution in [0.2, 0.25) is 0 Å². The maximum Gasteiger partial charge on any atom is 0.269 e. The van der Waals surface area contributed by atoms with Crippen LogP contribution in [0.25, 0.3) is 10.9 Å². The molecule has 11 heteroatoms. The van der Waals surface area contributed by atoms with E-state index in [-0.39, 0.29) is 28.7 Å².